The average Bonchev–Trinajstić information content (AvgIpc) is 2.24. The van der Waals surface area contributed by atoms with Gasteiger partial charge >= 0.3 is 0 Å². The Kier molecular flexibility index (Phi) is 5.77. The van der Waals surface area contributed by atoms with E-state index in [1.54, 1.807) is 12.1 Å². The number of alkyl halides is 1. The van der Waals surface area contributed by atoms with E-state index in [9.17, 15) is 9.18 Å². The quantitative estimate of drug-likeness (QED) is 0.656. The summed E-state index contributed by atoms with van der Waals surface area (Å²) >= 11 is 8.65. The molecule has 1 aromatic rings. The first-order valence-corrected chi connectivity index (χ1v) is 6.27. The van der Waals surface area contributed by atoms with E-state index in [0.29, 0.717) is 16.9 Å². The van der Waals surface area contributed by atoms with Gasteiger partial charge in [0.25, 0.3) is 5.91 Å². The fourth-order valence-electron chi connectivity index (χ4n) is 1.22. The average molecular weight is 309 g/mol. The molecule has 0 atom stereocenters. The molecular formula is C11H12BrClFNO. The zero-order valence-electron chi connectivity index (χ0n) is 8.60. The Bertz CT molecular complexity index is 353. The summed E-state index contributed by atoms with van der Waals surface area (Å²) in [6, 6.07) is 4.44. The molecule has 5 heteroatoms. The lowest BCUT2D eigenvalue weighted by molar-refractivity contribution is 0.0948. The summed E-state index contributed by atoms with van der Waals surface area (Å²) in [6.07, 6.45) is 1.63. The van der Waals surface area contributed by atoms with E-state index >= 15 is 0 Å². The van der Waals surface area contributed by atoms with E-state index < -0.39 is 11.7 Å². The molecule has 1 amide bonds. The van der Waals surface area contributed by atoms with Crippen molar-refractivity contribution in [2.24, 2.45) is 0 Å². The largest absolute Gasteiger partial charge is 0.352 e. The third-order valence-electron chi connectivity index (χ3n) is 2.04. The second-order valence-corrected chi connectivity index (χ2v) is 4.48. The molecule has 0 aromatic heterocycles. The molecule has 1 aromatic carbocycles. The van der Waals surface area contributed by atoms with E-state index in [1.807, 2.05) is 0 Å². The topological polar surface area (TPSA) is 29.1 Å². The number of carbonyl (C=O) groups excluding carboxylic acids is 1. The minimum atomic E-state index is -0.524. The van der Waals surface area contributed by atoms with Gasteiger partial charge in [0.05, 0.1) is 5.56 Å². The maximum absolute atomic E-state index is 13.4. The normalized spacial score (nSPS) is 10.2. The molecule has 0 saturated carbocycles. The first-order chi connectivity index (χ1) is 7.66. The number of hydrogen-bond acceptors (Lipinski definition) is 1. The molecule has 0 aliphatic rings. The summed E-state index contributed by atoms with van der Waals surface area (Å²) in [4.78, 5) is 11.6. The summed E-state index contributed by atoms with van der Waals surface area (Å²) in [7, 11) is 0. The lowest BCUT2D eigenvalue weighted by Crippen LogP contribution is -2.25. The smallest absolute Gasteiger partial charge is 0.255 e. The molecule has 0 radical (unpaired) electrons. The van der Waals surface area contributed by atoms with Crippen molar-refractivity contribution in [3.05, 3.63) is 34.1 Å². The highest BCUT2D eigenvalue weighted by Crippen LogP contribution is 2.19. The predicted molar refractivity (Wildman–Crippen MR) is 66.4 cm³/mol. The lowest BCUT2D eigenvalue weighted by Gasteiger charge is -2.07. The monoisotopic (exact) mass is 307 g/mol. The number of carbonyl (C=O) groups is 1. The molecule has 0 spiro atoms. The van der Waals surface area contributed by atoms with Crippen molar-refractivity contribution in [1.29, 1.82) is 0 Å². The molecule has 0 unspecified atom stereocenters. The maximum atomic E-state index is 13.4. The fourth-order valence-corrected chi connectivity index (χ4v) is 1.94. The van der Waals surface area contributed by atoms with Crippen molar-refractivity contribution in [3.63, 3.8) is 0 Å². The number of nitrogens with one attached hydrogen (secondary N) is 1. The number of hydrogen-bond donors (Lipinski definition) is 1. The van der Waals surface area contributed by atoms with Crippen LogP contribution in [0.1, 0.15) is 23.2 Å². The summed E-state index contributed by atoms with van der Waals surface area (Å²) in [5.74, 6) is -0.358. The van der Waals surface area contributed by atoms with Crippen LogP contribution in [0.2, 0.25) is 0 Å². The molecule has 0 bridgehead atoms. The Balaban J connectivity index is 2.59. The Morgan fingerprint density at radius 2 is 2.19 bits per heavy atom. The van der Waals surface area contributed by atoms with Gasteiger partial charge in [-0.15, -0.1) is 11.6 Å². The first kappa shape index (κ1) is 13.5. The molecule has 0 aliphatic heterocycles. The highest BCUT2D eigenvalue weighted by Gasteiger charge is 2.14. The molecule has 1 N–H and O–H groups in total. The Hall–Kier alpha value is -0.610. The Morgan fingerprint density at radius 3 is 2.81 bits per heavy atom. The molecule has 0 fully saturated rings. The van der Waals surface area contributed by atoms with Crippen molar-refractivity contribution in [3.8, 4) is 0 Å². The van der Waals surface area contributed by atoms with Gasteiger partial charge in [0.1, 0.15) is 5.82 Å². The standard InChI is InChI=1S/C11H12BrClFNO/c12-8-4-3-5-9(14)10(8)11(16)15-7-2-1-6-13/h3-5H,1-2,6-7H2,(H,15,16). The van der Waals surface area contributed by atoms with E-state index in [2.05, 4.69) is 21.2 Å². The van der Waals surface area contributed by atoms with E-state index in [1.165, 1.54) is 6.07 Å². The summed E-state index contributed by atoms with van der Waals surface area (Å²) in [6.45, 7) is 0.506. The predicted octanol–water partition coefficient (Wildman–Crippen LogP) is 3.34. The molecule has 0 heterocycles. The summed E-state index contributed by atoms with van der Waals surface area (Å²) < 4.78 is 13.8. The van der Waals surface area contributed by atoms with Gasteiger partial charge in [-0.05, 0) is 40.9 Å². The lowest BCUT2D eigenvalue weighted by atomic mass is 10.2. The minimum absolute atomic E-state index is 0.0494. The van der Waals surface area contributed by atoms with Crippen molar-refractivity contribution in [1.82, 2.24) is 5.32 Å². The van der Waals surface area contributed by atoms with Crippen LogP contribution < -0.4 is 5.32 Å². The van der Waals surface area contributed by atoms with Crippen LogP contribution in [0.3, 0.4) is 0 Å². The van der Waals surface area contributed by atoms with E-state index in [0.717, 1.165) is 12.8 Å². The van der Waals surface area contributed by atoms with Gasteiger partial charge in [-0.1, -0.05) is 6.07 Å². The Morgan fingerprint density at radius 1 is 1.44 bits per heavy atom. The van der Waals surface area contributed by atoms with Crippen LogP contribution >= 0.6 is 27.5 Å². The molecular weight excluding hydrogens is 296 g/mol. The minimum Gasteiger partial charge on any atom is -0.352 e. The number of benzene rings is 1. The van der Waals surface area contributed by atoms with E-state index in [-0.39, 0.29) is 5.56 Å². The SMILES string of the molecule is O=C(NCCCCCl)c1c(F)cccc1Br. The van der Waals surface area contributed by atoms with E-state index in [4.69, 9.17) is 11.6 Å². The van der Waals surface area contributed by atoms with Crippen molar-refractivity contribution < 1.29 is 9.18 Å². The molecule has 1 rings (SSSR count). The van der Waals surface area contributed by atoms with Gasteiger partial charge in [0, 0.05) is 16.9 Å². The van der Waals surface area contributed by atoms with Gasteiger partial charge in [0.15, 0.2) is 0 Å². The van der Waals surface area contributed by atoms with Crippen molar-refractivity contribution >= 4 is 33.4 Å². The molecule has 0 saturated heterocycles. The number of halogens is 3. The number of rotatable bonds is 5. The van der Waals surface area contributed by atoms with Crippen LogP contribution in [0.5, 0.6) is 0 Å². The third-order valence-corrected chi connectivity index (χ3v) is 2.96. The summed E-state index contributed by atoms with van der Waals surface area (Å²) in [5.41, 5.74) is 0.0494. The zero-order chi connectivity index (χ0) is 12.0. The Labute approximate surface area is 107 Å². The van der Waals surface area contributed by atoms with Crippen LogP contribution in [0.4, 0.5) is 4.39 Å². The van der Waals surface area contributed by atoms with Crippen LogP contribution in [-0.2, 0) is 0 Å². The van der Waals surface area contributed by atoms with Gasteiger partial charge in [-0.2, -0.15) is 0 Å². The van der Waals surface area contributed by atoms with Gasteiger partial charge in [0.2, 0.25) is 0 Å². The summed E-state index contributed by atoms with van der Waals surface area (Å²) in [5, 5.41) is 2.65. The maximum Gasteiger partial charge on any atom is 0.255 e. The zero-order valence-corrected chi connectivity index (χ0v) is 10.9. The third kappa shape index (κ3) is 3.76. The highest BCUT2D eigenvalue weighted by atomic mass is 79.9. The van der Waals surface area contributed by atoms with Crippen LogP contribution in [0.15, 0.2) is 22.7 Å². The van der Waals surface area contributed by atoms with Gasteiger partial charge in [-0.25, -0.2) is 4.39 Å². The van der Waals surface area contributed by atoms with Gasteiger partial charge < -0.3 is 5.32 Å². The van der Waals surface area contributed by atoms with Crippen molar-refractivity contribution in [2.45, 2.75) is 12.8 Å². The van der Waals surface area contributed by atoms with Crippen LogP contribution in [-0.4, -0.2) is 18.3 Å². The molecule has 16 heavy (non-hydrogen) atoms. The van der Waals surface area contributed by atoms with Crippen LogP contribution in [0, 0.1) is 5.82 Å². The van der Waals surface area contributed by atoms with Crippen molar-refractivity contribution in [2.75, 3.05) is 12.4 Å². The first-order valence-electron chi connectivity index (χ1n) is 4.95. The molecule has 2 nitrogen and oxygen atoms in total. The van der Waals surface area contributed by atoms with Crippen LogP contribution in [0.25, 0.3) is 0 Å². The molecule has 0 aliphatic carbocycles. The number of amides is 1. The second-order valence-electron chi connectivity index (χ2n) is 3.25. The molecule has 88 valence electrons. The fraction of sp³-hybridized carbons (Fsp3) is 0.364. The van der Waals surface area contributed by atoms with Gasteiger partial charge in [-0.3, -0.25) is 4.79 Å². The second kappa shape index (κ2) is 6.86. The number of unbranched alkanes of at least 4 members (excludes halogenated alkanes) is 1. The highest BCUT2D eigenvalue weighted by molar-refractivity contribution is 9.10.